The van der Waals surface area contributed by atoms with Gasteiger partial charge in [0.15, 0.2) is 0 Å². The zero-order chi connectivity index (χ0) is 13.3. The van der Waals surface area contributed by atoms with Gasteiger partial charge in [-0.2, -0.15) is 0 Å². The molecule has 0 spiro atoms. The first-order chi connectivity index (χ1) is 7.62. The number of nitrogens with one attached hydrogen (secondary N) is 1. The summed E-state index contributed by atoms with van der Waals surface area (Å²) in [6.45, 7) is 3.37. The Morgan fingerprint density at radius 2 is 2.06 bits per heavy atom. The van der Waals surface area contributed by atoms with Crippen LogP contribution in [0.5, 0.6) is 0 Å². The summed E-state index contributed by atoms with van der Waals surface area (Å²) in [7, 11) is -3.85. The lowest BCUT2D eigenvalue weighted by Crippen LogP contribution is -2.45. The highest BCUT2D eigenvalue weighted by atomic mass is 35.5. The minimum Gasteiger partial charge on any atom is -0.324 e. The molecule has 1 aromatic carbocycles. The summed E-state index contributed by atoms with van der Waals surface area (Å²) in [6.07, 6.45) is 0. The maximum Gasteiger partial charge on any atom is 0.242 e. The van der Waals surface area contributed by atoms with E-state index in [2.05, 4.69) is 4.72 Å². The van der Waals surface area contributed by atoms with Crippen molar-refractivity contribution in [1.82, 2.24) is 4.72 Å². The average Bonchev–Trinajstić information content (AvgIpc) is 2.18. The van der Waals surface area contributed by atoms with Crippen LogP contribution in [0.1, 0.15) is 13.8 Å². The van der Waals surface area contributed by atoms with Crippen molar-refractivity contribution in [1.29, 1.82) is 0 Å². The summed E-state index contributed by atoms with van der Waals surface area (Å²) in [5.74, 6) is -0.665. The normalized spacial score (nSPS) is 12.8. The molecule has 0 saturated heterocycles. The molecule has 0 saturated carbocycles. The second-order valence-electron chi connectivity index (χ2n) is 4.39. The fraction of sp³-hybridized carbons (Fsp3) is 0.400. The maximum absolute atomic E-state index is 13.0. The van der Waals surface area contributed by atoms with Gasteiger partial charge in [0.05, 0.1) is 5.02 Å². The molecule has 0 fully saturated rings. The highest BCUT2D eigenvalue weighted by molar-refractivity contribution is 7.89. The molecule has 1 rings (SSSR count). The molecule has 0 unspecified atom stereocenters. The standard InChI is InChI=1S/C10H14ClFN2O2S/c1-10(2,13)6-14-17(15,16)9-5-7(12)3-4-8(9)11/h3-5,14H,6,13H2,1-2H3. The first-order valence-corrected chi connectivity index (χ1v) is 6.71. The first-order valence-electron chi connectivity index (χ1n) is 4.85. The molecule has 0 aromatic heterocycles. The Morgan fingerprint density at radius 1 is 1.47 bits per heavy atom. The van der Waals surface area contributed by atoms with Crippen LogP contribution >= 0.6 is 11.6 Å². The van der Waals surface area contributed by atoms with E-state index >= 15 is 0 Å². The molecular weight excluding hydrogens is 267 g/mol. The van der Waals surface area contributed by atoms with Crippen LogP contribution in [0.25, 0.3) is 0 Å². The topological polar surface area (TPSA) is 72.2 Å². The van der Waals surface area contributed by atoms with Crippen LogP contribution in [0.3, 0.4) is 0 Å². The molecule has 1 aromatic rings. The second kappa shape index (κ2) is 4.89. The zero-order valence-electron chi connectivity index (χ0n) is 9.50. The summed E-state index contributed by atoms with van der Waals surface area (Å²) in [6, 6.07) is 3.15. The molecule has 4 nitrogen and oxygen atoms in total. The lowest BCUT2D eigenvalue weighted by molar-refractivity contribution is 0.497. The van der Waals surface area contributed by atoms with Crippen LogP contribution in [0, 0.1) is 5.82 Å². The molecule has 0 heterocycles. The zero-order valence-corrected chi connectivity index (χ0v) is 11.1. The number of hydrogen-bond donors (Lipinski definition) is 2. The summed E-state index contributed by atoms with van der Waals surface area (Å²) in [4.78, 5) is -0.289. The van der Waals surface area contributed by atoms with Crippen molar-refractivity contribution in [3.05, 3.63) is 29.0 Å². The number of sulfonamides is 1. The van der Waals surface area contributed by atoms with Crippen molar-refractivity contribution in [3.8, 4) is 0 Å². The molecule has 3 N–H and O–H groups in total. The third-order valence-corrected chi connectivity index (χ3v) is 3.78. The summed E-state index contributed by atoms with van der Waals surface area (Å²) in [5, 5.41) is -0.0336. The predicted molar refractivity (Wildman–Crippen MR) is 64.9 cm³/mol. The van der Waals surface area contributed by atoms with E-state index in [0.29, 0.717) is 0 Å². The van der Waals surface area contributed by atoms with Gasteiger partial charge >= 0.3 is 0 Å². The van der Waals surface area contributed by atoms with Crippen molar-refractivity contribution in [2.75, 3.05) is 6.54 Å². The van der Waals surface area contributed by atoms with Crippen molar-refractivity contribution < 1.29 is 12.8 Å². The van der Waals surface area contributed by atoms with Gasteiger partial charge < -0.3 is 5.73 Å². The summed E-state index contributed by atoms with van der Waals surface area (Å²) in [5.41, 5.74) is 4.95. The van der Waals surface area contributed by atoms with Gasteiger partial charge in [-0.15, -0.1) is 0 Å². The Balaban J connectivity index is 3.02. The van der Waals surface area contributed by atoms with E-state index in [9.17, 15) is 12.8 Å². The van der Waals surface area contributed by atoms with Crippen LogP contribution < -0.4 is 10.5 Å². The second-order valence-corrected chi connectivity index (χ2v) is 6.53. The average molecular weight is 281 g/mol. The Labute approximate surface area is 105 Å². The van der Waals surface area contributed by atoms with Gasteiger partial charge in [0, 0.05) is 12.1 Å². The fourth-order valence-corrected chi connectivity index (χ4v) is 2.77. The molecule has 0 radical (unpaired) electrons. The van der Waals surface area contributed by atoms with Gasteiger partial charge in [-0.25, -0.2) is 17.5 Å². The molecule has 0 aliphatic rings. The Kier molecular flexibility index (Phi) is 4.14. The van der Waals surface area contributed by atoms with Crippen LogP contribution in [0.15, 0.2) is 23.1 Å². The number of nitrogens with two attached hydrogens (primary N) is 1. The van der Waals surface area contributed by atoms with E-state index in [1.54, 1.807) is 13.8 Å². The fourth-order valence-electron chi connectivity index (χ4n) is 1.04. The Hall–Kier alpha value is -0.690. The van der Waals surface area contributed by atoms with Crippen LogP contribution in [-0.2, 0) is 10.0 Å². The Morgan fingerprint density at radius 3 is 2.59 bits per heavy atom. The van der Waals surface area contributed by atoms with E-state index < -0.39 is 21.4 Å². The van der Waals surface area contributed by atoms with Crippen molar-refractivity contribution in [2.45, 2.75) is 24.3 Å². The lowest BCUT2D eigenvalue weighted by Gasteiger charge is -2.19. The Bertz CT molecular complexity index is 512. The molecule has 0 aliphatic heterocycles. The van der Waals surface area contributed by atoms with Gasteiger partial charge in [-0.3, -0.25) is 0 Å². The van der Waals surface area contributed by atoms with Gasteiger partial charge in [0.25, 0.3) is 0 Å². The third-order valence-electron chi connectivity index (χ3n) is 1.90. The third kappa shape index (κ3) is 4.23. The maximum atomic E-state index is 13.0. The summed E-state index contributed by atoms with van der Waals surface area (Å²) < 4.78 is 38.9. The first kappa shape index (κ1) is 14.4. The number of benzene rings is 1. The minimum atomic E-state index is -3.85. The highest BCUT2D eigenvalue weighted by Gasteiger charge is 2.21. The summed E-state index contributed by atoms with van der Waals surface area (Å²) >= 11 is 5.71. The molecule has 0 bridgehead atoms. The van der Waals surface area contributed by atoms with Gasteiger partial charge in [-0.05, 0) is 32.0 Å². The van der Waals surface area contributed by atoms with E-state index in [4.69, 9.17) is 17.3 Å². The quantitative estimate of drug-likeness (QED) is 0.878. The van der Waals surface area contributed by atoms with Gasteiger partial charge in [-0.1, -0.05) is 11.6 Å². The van der Waals surface area contributed by atoms with Gasteiger partial charge in [0.2, 0.25) is 10.0 Å². The molecule has 7 heteroatoms. The predicted octanol–water partition coefficient (Wildman–Crippen LogP) is 1.49. The highest BCUT2D eigenvalue weighted by Crippen LogP contribution is 2.22. The lowest BCUT2D eigenvalue weighted by atomic mass is 10.1. The SMILES string of the molecule is CC(C)(N)CNS(=O)(=O)c1cc(F)ccc1Cl. The minimum absolute atomic E-state index is 0.0299. The smallest absolute Gasteiger partial charge is 0.242 e. The monoisotopic (exact) mass is 280 g/mol. The number of hydrogen-bond acceptors (Lipinski definition) is 3. The van der Waals surface area contributed by atoms with Crippen LogP contribution in [0.2, 0.25) is 5.02 Å². The molecule has 0 amide bonds. The van der Waals surface area contributed by atoms with Crippen molar-refractivity contribution >= 4 is 21.6 Å². The van der Waals surface area contributed by atoms with E-state index in [-0.39, 0.29) is 16.5 Å². The van der Waals surface area contributed by atoms with Crippen molar-refractivity contribution in [2.24, 2.45) is 5.73 Å². The molecular formula is C10H14ClFN2O2S. The van der Waals surface area contributed by atoms with E-state index in [1.807, 2.05) is 0 Å². The molecule has 96 valence electrons. The number of halogens is 2. The van der Waals surface area contributed by atoms with Gasteiger partial charge in [0.1, 0.15) is 10.7 Å². The largest absolute Gasteiger partial charge is 0.324 e. The van der Waals surface area contributed by atoms with Crippen LogP contribution in [-0.4, -0.2) is 20.5 Å². The molecule has 0 aliphatic carbocycles. The van der Waals surface area contributed by atoms with Crippen LogP contribution in [0.4, 0.5) is 4.39 Å². The molecule has 17 heavy (non-hydrogen) atoms. The van der Waals surface area contributed by atoms with E-state index in [1.165, 1.54) is 6.07 Å². The number of rotatable bonds is 4. The molecule has 0 atom stereocenters. The van der Waals surface area contributed by atoms with Crippen molar-refractivity contribution in [3.63, 3.8) is 0 Å². The van der Waals surface area contributed by atoms with E-state index in [0.717, 1.165) is 12.1 Å².